The van der Waals surface area contributed by atoms with Gasteiger partial charge in [0.05, 0.1) is 10.7 Å². The second-order valence-corrected chi connectivity index (χ2v) is 7.36. The lowest BCUT2D eigenvalue weighted by molar-refractivity contribution is -0.127. The Morgan fingerprint density at radius 2 is 1.90 bits per heavy atom. The average molecular weight is 415 g/mol. The summed E-state index contributed by atoms with van der Waals surface area (Å²) in [5.74, 6) is -0.198. The zero-order valence-electron chi connectivity index (χ0n) is 16.1. The van der Waals surface area contributed by atoms with E-state index in [2.05, 4.69) is 16.0 Å². The molecule has 0 spiro atoms. The molecule has 152 valence electrons. The third-order valence-corrected chi connectivity index (χ3v) is 4.88. The lowest BCUT2D eigenvalue weighted by atomic mass is 10.1. The van der Waals surface area contributed by atoms with E-state index in [1.165, 1.54) is 6.07 Å². The lowest BCUT2D eigenvalue weighted by Gasteiger charge is -2.22. The van der Waals surface area contributed by atoms with Crippen molar-refractivity contribution in [3.8, 4) is 0 Å². The summed E-state index contributed by atoms with van der Waals surface area (Å²) >= 11 is 6.17. The van der Waals surface area contributed by atoms with Gasteiger partial charge in [-0.05, 0) is 43.7 Å². The summed E-state index contributed by atoms with van der Waals surface area (Å²) in [5.41, 5.74) is 1.36. The van der Waals surface area contributed by atoms with Gasteiger partial charge in [-0.2, -0.15) is 0 Å². The molecular weight excluding hydrogens is 392 g/mol. The molecule has 2 aromatic rings. The van der Waals surface area contributed by atoms with Crippen molar-refractivity contribution in [1.82, 2.24) is 10.2 Å². The van der Waals surface area contributed by atoms with Gasteiger partial charge in [-0.3, -0.25) is 9.59 Å². The number of benzene rings is 2. The van der Waals surface area contributed by atoms with Crippen LogP contribution in [0.2, 0.25) is 5.02 Å². The van der Waals surface area contributed by atoms with Crippen LogP contribution >= 0.6 is 11.6 Å². The topological polar surface area (TPSA) is 90.5 Å². The summed E-state index contributed by atoms with van der Waals surface area (Å²) in [5, 5.41) is 8.56. The molecule has 4 amide bonds. The van der Waals surface area contributed by atoms with Gasteiger partial charge in [0.25, 0.3) is 5.91 Å². The minimum atomic E-state index is -0.452. The van der Waals surface area contributed by atoms with E-state index < -0.39 is 6.03 Å². The number of nitrogens with one attached hydrogen (secondary N) is 3. The molecule has 0 aliphatic carbocycles. The molecule has 0 unspecified atom stereocenters. The van der Waals surface area contributed by atoms with Crippen LogP contribution < -0.4 is 16.0 Å². The Kier molecular flexibility index (Phi) is 6.72. The number of halogens is 1. The number of para-hydroxylation sites is 1. The molecule has 1 saturated heterocycles. The molecule has 3 rings (SSSR count). The average Bonchev–Trinajstić information content (AvgIpc) is 3.08. The van der Waals surface area contributed by atoms with Gasteiger partial charge in [0.1, 0.15) is 0 Å². The Morgan fingerprint density at radius 1 is 1.14 bits per heavy atom. The normalized spacial score (nSPS) is 14.4. The predicted octanol–water partition coefficient (Wildman–Crippen LogP) is 3.72. The molecule has 1 aliphatic heterocycles. The zero-order valence-corrected chi connectivity index (χ0v) is 16.8. The summed E-state index contributed by atoms with van der Waals surface area (Å²) in [4.78, 5) is 38.2. The van der Waals surface area contributed by atoms with Crippen LogP contribution in [0, 0.1) is 0 Å². The summed E-state index contributed by atoms with van der Waals surface area (Å²) in [7, 11) is 0. The molecule has 1 heterocycles. The van der Waals surface area contributed by atoms with Crippen molar-refractivity contribution in [2.45, 2.75) is 25.8 Å². The number of anilines is 2. The first-order valence-electron chi connectivity index (χ1n) is 9.43. The maximum Gasteiger partial charge on any atom is 0.319 e. The van der Waals surface area contributed by atoms with Gasteiger partial charge in [0.15, 0.2) is 0 Å². The molecule has 2 aromatic carbocycles. The molecular formula is C21H23ClN4O3. The lowest BCUT2D eigenvalue weighted by Crippen LogP contribution is -2.44. The van der Waals surface area contributed by atoms with Crippen molar-refractivity contribution in [1.29, 1.82) is 0 Å². The fraction of sp³-hybridized carbons (Fsp3) is 0.286. The van der Waals surface area contributed by atoms with Crippen molar-refractivity contribution in [2.75, 3.05) is 23.7 Å². The van der Waals surface area contributed by atoms with E-state index in [-0.39, 0.29) is 17.9 Å². The van der Waals surface area contributed by atoms with E-state index in [9.17, 15) is 14.4 Å². The van der Waals surface area contributed by atoms with Gasteiger partial charge in [0, 0.05) is 36.8 Å². The number of amides is 4. The van der Waals surface area contributed by atoms with Crippen molar-refractivity contribution in [3.63, 3.8) is 0 Å². The highest BCUT2D eigenvalue weighted by Crippen LogP contribution is 2.23. The fourth-order valence-electron chi connectivity index (χ4n) is 3.14. The van der Waals surface area contributed by atoms with Crippen LogP contribution in [-0.4, -0.2) is 41.9 Å². The molecule has 3 N–H and O–H groups in total. The van der Waals surface area contributed by atoms with Crippen molar-refractivity contribution < 1.29 is 14.4 Å². The molecule has 0 aromatic heterocycles. The van der Waals surface area contributed by atoms with Gasteiger partial charge in [-0.15, -0.1) is 0 Å². The SMILES string of the molecule is C[C@@H](CN1CCCC1=O)NC(=O)Nc1cc(C(=O)Nc2ccccc2)ccc1Cl. The van der Waals surface area contributed by atoms with Gasteiger partial charge >= 0.3 is 6.03 Å². The molecule has 29 heavy (non-hydrogen) atoms. The number of carbonyl (C=O) groups excluding carboxylic acids is 3. The van der Waals surface area contributed by atoms with E-state index in [4.69, 9.17) is 11.6 Å². The number of rotatable bonds is 6. The number of hydrogen-bond donors (Lipinski definition) is 3. The van der Waals surface area contributed by atoms with Gasteiger partial charge in [-0.1, -0.05) is 29.8 Å². The van der Waals surface area contributed by atoms with Crippen LogP contribution in [0.3, 0.4) is 0 Å². The van der Waals surface area contributed by atoms with Crippen molar-refractivity contribution >= 4 is 40.8 Å². The number of nitrogens with zero attached hydrogens (tertiary/aromatic N) is 1. The first kappa shape index (κ1) is 20.7. The Labute approximate surface area is 174 Å². The van der Waals surface area contributed by atoms with E-state index in [0.29, 0.717) is 34.9 Å². The maximum atomic E-state index is 12.4. The molecule has 1 fully saturated rings. The largest absolute Gasteiger partial charge is 0.341 e. The van der Waals surface area contributed by atoms with Crippen LogP contribution in [0.25, 0.3) is 0 Å². The Hall–Kier alpha value is -3.06. The number of likely N-dealkylation sites (tertiary alicyclic amines) is 1. The molecule has 1 atom stereocenters. The smallest absolute Gasteiger partial charge is 0.319 e. The zero-order chi connectivity index (χ0) is 20.8. The Morgan fingerprint density at radius 3 is 2.59 bits per heavy atom. The standard InChI is InChI=1S/C21H23ClN4O3/c1-14(13-26-11-5-8-19(26)27)23-21(29)25-18-12-15(9-10-17(18)22)20(28)24-16-6-3-2-4-7-16/h2-4,6-7,9-10,12,14H,5,8,11,13H2,1H3,(H,24,28)(H2,23,25,29)/t14-/m0/s1. The van der Waals surface area contributed by atoms with Gasteiger partial charge in [-0.25, -0.2) is 4.79 Å². The summed E-state index contributed by atoms with van der Waals surface area (Å²) in [6, 6.07) is 13.1. The predicted molar refractivity (Wildman–Crippen MR) is 113 cm³/mol. The monoisotopic (exact) mass is 414 g/mol. The van der Waals surface area contributed by atoms with Crippen LogP contribution in [0.15, 0.2) is 48.5 Å². The Balaban J connectivity index is 1.59. The van der Waals surface area contributed by atoms with E-state index in [0.717, 1.165) is 13.0 Å². The minimum Gasteiger partial charge on any atom is -0.341 e. The second-order valence-electron chi connectivity index (χ2n) is 6.96. The van der Waals surface area contributed by atoms with E-state index >= 15 is 0 Å². The van der Waals surface area contributed by atoms with Crippen molar-refractivity contribution in [3.05, 3.63) is 59.1 Å². The van der Waals surface area contributed by atoms with Gasteiger partial charge < -0.3 is 20.9 Å². The third-order valence-electron chi connectivity index (χ3n) is 4.55. The highest BCUT2D eigenvalue weighted by Gasteiger charge is 2.22. The van der Waals surface area contributed by atoms with E-state index in [1.807, 2.05) is 25.1 Å². The highest BCUT2D eigenvalue weighted by atomic mass is 35.5. The fourth-order valence-corrected chi connectivity index (χ4v) is 3.31. The maximum absolute atomic E-state index is 12.4. The number of hydrogen-bond acceptors (Lipinski definition) is 3. The van der Waals surface area contributed by atoms with Crippen LogP contribution in [0.4, 0.5) is 16.2 Å². The first-order valence-corrected chi connectivity index (χ1v) is 9.81. The van der Waals surface area contributed by atoms with Crippen LogP contribution in [-0.2, 0) is 4.79 Å². The van der Waals surface area contributed by atoms with Crippen LogP contribution in [0.1, 0.15) is 30.1 Å². The van der Waals surface area contributed by atoms with E-state index in [1.54, 1.807) is 29.2 Å². The number of carbonyl (C=O) groups is 3. The summed E-state index contributed by atoms with van der Waals surface area (Å²) in [6.07, 6.45) is 1.41. The molecule has 1 aliphatic rings. The summed E-state index contributed by atoms with van der Waals surface area (Å²) < 4.78 is 0. The molecule has 8 heteroatoms. The van der Waals surface area contributed by atoms with Gasteiger partial charge in [0.2, 0.25) is 5.91 Å². The minimum absolute atomic E-state index is 0.110. The van der Waals surface area contributed by atoms with Crippen LogP contribution in [0.5, 0.6) is 0 Å². The summed E-state index contributed by atoms with van der Waals surface area (Å²) in [6.45, 7) is 3.01. The molecule has 7 nitrogen and oxygen atoms in total. The quantitative estimate of drug-likeness (QED) is 0.672. The molecule has 0 saturated carbocycles. The Bertz CT molecular complexity index is 904. The molecule has 0 bridgehead atoms. The highest BCUT2D eigenvalue weighted by molar-refractivity contribution is 6.34. The third kappa shape index (κ3) is 5.71. The first-order chi connectivity index (χ1) is 13.9. The number of urea groups is 1. The van der Waals surface area contributed by atoms with Crippen molar-refractivity contribution in [2.24, 2.45) is 0 Å². The second kappa shape index (κ2) is 9.43. The molecule has 0 radical (unpaired) electrons.